The molecule has 0 aliphatic heterocycles. The van der Waals surface area contributed by atoms with Crippen molar-refractivity contribution < 1.29 is 9.90 Å². The third-order valence-corrected chi connectivity index (χ3v) is 3.33. The third kappa shape index (κ3) is 7.36. The van der Waals surface area contributed by atoms with Gasteiger partial charge in [0.15, 0.2) is 0 Å². The summed E-state index contributed by atoms with van der Waals surface area (Å²) in [6.07, 6.45) is 2.76. The minimum absolute atomic E-state index is 0.176. The van der Waals surface area contributed by atoms with Crippen LogP contribution in [0.5, 0.6) is 0 Å². The summed E-state index contributed by atoms with van der Waals surface area (Å²) in [7, 11) is 0. The predicted octanol–water partition coefficient (Wildman–Crippen LogP) is 2.73. The Morgan fingerprint density at radius 2 is 1.90 bits per heavy atom. The molecule has 112 valence electrons. The van der Waals surface area contributed by atoms with Gasteiger partial charge in [-0.25, -0.2) is 4.79 Å². The van der Waals surface area contributed by atoms with Crippen molar-refractivity contribution in [2.45, 2.75) is 38.7 Å². The van der Waals surface area contributed by atoms with E-state index in [0.29, 0.717) is 25.9 Å². The van der Waals surface area contributed by atoms with Crippen molar-refractivity contribution in [1.82, 2.24) is 10.6 Å². The number of aryl methyl sites for hydroxylation is 1. The minimum atomic E-state index is -0.333. The molecule has 3 N–H and O–H groups in total. The fraction of sp³-hybridized carbons (Fsp3) is 0.533. The molecule has 1 rings (SSSR count). The number of carbonyl (C=O) groups excluding carboxylic acids is 1. The zero-order valence-corrected chi connectivity index (χ0v) is 12.6. The maximum atomic E-state index is 11.4. The lowest BCUT2D eigenvalue weighted by Gasteiger charge is -2.10. The number of hydrogen-bond acceptors (Lipinski definition) is 2. The Bertz CT molecular complexity index is 395. The lowest BCUT2D eigenvalue weighted by atomic mass is 10.1. The summed E-state index contributed by atoms with van der Waals surface area (Å²) < 4.78 is 0. The largest absolute Gasteiger partial charge is 0.393 e. The van der Waals surface area contributed by atoms with Crippen LogP contribution in [0.3, 0.4) is 0 Å². The topological polar surface area (TPSA) is 61.4 Å². The summed E-state index contributed by atoms with van der Waals surface area (Å²) in [5.74, 6) is 0. The molecule has 0 heterocycles. The number of rotatable bonds is 8. The highest BCUT2D eigenvalue weighted by Gasteiger charge is 2.02. The maximum absolute atomic E-state index is 11.4. The number of urea groups is 1. The highest BCUT2D eigenvalue weighted by atomic mass is 35.5. The molecule has 1 aromatic carbocycles. The first kappa shape index (κ1) is 16.8. The summed E-state index contributed by atoms with van der Waals surface area (Å²) in [4.78, 5) is 11.4. The van der Waals surface area contributed by atoms with Crippen molar-refractivity contribution >= 4 is 17.6 Å². The average Bonchev–Trinajstić information content (AvgIpc) is 2.45. The summed E-state index contributed by atoms with van der Waals surface area (Å²) >= 11 is 5.81. The molecule has 2 amide bonds. The van der Waals surface area contributed by atoms with Gasteiger partial charge in [0.25, 0.3) is 0 Å². The molecular formula is C15H23ClN2O2. The molecule has 0 saturated heterocycles. The van der Waals surface area contributed by atoms with E-state index in [9.17, 15) is 9.90 Å². The van der Waals surface area contributed by atoms with Crippen LogP contribution in [0.4, 0.5) is 4.79 Å². The Labute approximate surface area is 125 Å². The van der Waals surface area contributed by atoms with Gasteiger partial charge in [0.2, 0.25) is 0 Å². The highest BCUT2D eigenvalue weighted by Crippen LogP contribution is 2.10. The van der Waals surface area contributed by atoms with Crippen LogP contribution in [0.15, 0.2) is 24.3 Å². The fourth-order valence-corrected chi connectivity index (χ4v) is 1.89. The summed E-state index contributed by atoms with van der Waals surface area (Å²) in [5.41, 5.74) is 1.21. The first-order valence-corrected chi connectivity index (χ1v) is 7.43. The number of amides is 2. The van der Waals surface area contributed by atoms with E-state index >= 15 is 0 Å². The first-order valence-electron chi connectivity index (χ1n) is 7.06. The van der Waals surface area contributed by atoms with E-state index in [4.69, 9.17) is 11.6 Å². The van der Waals surface area contributed by atoms with E-state index in [0.717, 1.165) is 17.9 Å². The standard InChI is InChI=1S/C15H23ClN2O2/c1-2-14(19)9-11-18-15(20)17-10-3-4-12-5-7-13(16)8-6-12/h5-8,14,19H,2-4,9-11H2,1H3,(H2,17,18,20). The van der Waals surface area contributed by atoms with Crippen LogP contribution in [-0.2, 0) is 6.42 Å². The fourth-order valence-electron chi connectivity index (χ4n) is 1.76. The van der Waals surface area contributed by atoms with Crippen LogP contribution < -0.4 is 10.6 Å². The molecule has 1 atom stereocenters. The van der Waals surface area contributed by atoms with E-state index in [-0.39, 0.29) is 12.1 Å². The van der Waals surface area contributed by atoms with Crippen LogP contribution in [0.2, 0.25) is 5.02 Å². The average molecular weight is 299 g/mol. The maximum Gasteiger partial charge on any atom is 0.314 e. The highest BCUT2D eigenvalue weighted by molar-refractivity contribution is 6.30. The normalized spacial score (nSPS) is 11.9. The molecule has 0 aliphatic carbocycles. The second-order valence-corrected chi connectivity index (χ2v) is 5.20. The van der Waals surface area contributed by atoms with Gasteiger partial charge in [-0.2, -0.15) is 0 Å². The number of benzene rings is 1. The molecular weight excluding hydrogens is 276 g/mol. The molecule has 0 aromatic heterocycles. The molecule has 0 spiro atoms. The van der Waals surface area contributed by atoms with E-state index in [1.54, 1.807) is 0 Å². The van der Waals surface area contributed by atoms with Gasteiger partial charge in [-0.3, -0.25) is 0 Å². The van der Waals surface area contributed by atoms with Crippen molar-refractivity contribution in [2.75, 3.05) is 13.1 Å². The van der Waals surface area contributed by atoms with Gasteiger partial charge in [0.05, 0.1) is 6.10 Å². The van der Waals surface area contributed by atoms with Crippen LogP contribution in [0, 0.1) is 0 Å². The summed E-state index contributed by atoms with van der Waals surface area (Å²) in [5, 5.41) is 15.6. The van der Waals surface area contributed by atoms with Gasteiger partial charge in [-0.05, 0) is 43.4 Å². The van der Waals surface area contributed by atoms with Crippen molar-refractivity contribution in [2.24, 2.45) is 0 Å². The lowest BCUT2D eigenvalue weighted by Crippen LogP contribution is -2.37. The second kappa shape index (κ2) is 9.61. The van der Waals surface area contributed by atoms with Gasteiger partial charge < -0.3 is 15.7 Å². The molecule has 1 aromatic rings. The van der Waals surface area contributed by atoms with Crippen molar-refractivity contribution in [3.8, 4) is 0 Å². The second-order valence-electron chi connectivity index (χ2n) is 4.76. The van der Waals surface area contributed by atoms with Crippen molar-refractivity contribution in [3.63, 3.8) is 0 Å². The Balaban J connectivity index is 2.05. The molecule has 0 fully saturated rings. The molecule has 0 radical (unpaired) electrons. The summed E-state index contributed by atoms with van der Waals surface area (Å²) in [6.45, 7) is 3.05. The van der Waals surface area contributed by atoms with Crippen LogP contribution in [0.25, 0.3) is 0 Å². The Kier molecular flexibility index (Phi) is 8.07. The zero-order valence-electron chi connectivity index (χ0n) is 11.9. The molecule has 5 heteroatoms. The molecule has 20 heavy (non-hydrogen) atoms. The van der Waals surface area contributed by atoms with Crippen LogP contribution >= 0.6 is 11.6 Å². The predicted molar refractivity (Wildman–Crippen MR) is 82.1 cm³/mol. The Morgan fingerprint density at radius 3 is 2.55 bits per heavy atom. The van der Waals surface area contributed by atoms with E-state index in [1.165, 1.54) is 5.56 Å². The van der Waals surface area contributed by atoms with Gasteiger partial charge in [-0.1, -0.05) is 30.7 Å². The number of hydrogen-bond donors (Lipinski definition) is 3. The molecule has 0 bridgehead atoms. The number of aliphatic hydroxyl groups excluding tert-OH is 1. The first-order chi connectivity index (χ1) is 9.61. The smallest absolute Gasteiger partial charge is 0.314 e. The van der Waals surface area contributed by atoms with Crippen LogP contribution in [0.1, 0.15) is 31.7 Å². The van der Waals surface area contributed by atoms with Gasteiger partial charge in [0.1, 0.15) is 0 Å². The van der Waals surface area contributed by atoms with Crippen LogP contribution in [-0.4, -0.2) is 30.3 Å². The number of halogens is 1. The molecule has 0 aliphatic rings. The van der Waals surface area contributed by atoms with Crippen molar-refractivity contribution in [1.29, 1.82) is 0 Å². The van der Waals surface area contributed by atoms with E-state index < -0.39 is 0 Å². The lowest BCUT2D eigenvalue weighted by molar-refractivity contribution is 0.160. The van der Waals surface area contributed by atoms with E-state index in [1.807, 2.05) is 31.2 Å². The number of aliphatic hydroxyl groups is 1. The summed E-state index contributed by atoms with van der Waals surface area (Å²) in [6, 6.07) is 7.55. The van der Waals surface area contributed by atoms with Gasteiger partial charge in [0, 0.05) is 18.1 Å². The quantitative estimate of drug-likeness (QED) is 0.646. The molecule has 0 saturated carbocycles. The zero-order chi connectivity index (χ0) is 14.8. The van der Waals surface area contributed by atoms with Gasteiger partial charge >= 0.3 is 6.03 Å². The number of carbonyl (C=O) groups is 1. The minimum Gasteiger partial charge on any atom is -0.393 e. The third-order valence-electron chi connectivity index (χ3n) is 3.08. The molecule has 4 nitrogen and oxygen atoms in total. The van der Waals surface area contributed by atoms with Crippen molar-refractivity contribution in [3.05, 3.63) is 34.9 Å². The molecule has 1 unspecified atom stereocenters. The Hall–Kier alpha value is -1.26. The monoisotopic (exact) mass is 298 g/mol. The SMILES string of the molecule is CCC(O)CCNC(=O)NCCCc1ccc(Cl)cc1. The van der Waals surface area contributed by atoms with E-state index in [2.05, 4.69) is 10.6 Å². The number of nitrogens with one attached hydrogen (secondary N) is 2. The van der Waals surface area contributed by atoms with Gasteiger partial charge in [-0.15, -0.1) is 0 Å². The Morgan fingerprint density at radius 1 is 1.25 bits per heavy atom.